The van der Waals surface area contributed by atoms with Crippen molar-refractivity contribution in [3.63, 3.8) is 0 Å². The first kappa shape index (κ1) is 15.2. The average Bonchev–Trinajstić information content (AvgIpc) is 2.95. The number of aromatic nitrogens is 2. The maximum Gasteiger partial charge on any atom is 0.271 e. The quantitative estimate of drug-likeness (QED) is 0.605. The topological polar surface area (TPSA) is 53.4 Å². The lowest BCUT2D eigenvalue weighted by Gasteiger charge is -2.37. The molecule has 0 aliphatic carbocycles. The van der Waals surface area contributed by atoms with Gasteiger partial charge in [0.1, 0.15) is 5.69 Å². The third-order valence-electron chi connectivity index (χ3n) is 4.09. The van der Waals surface area contributed by atoms with Crippen LogP contribution < -0.4 is 0 Å². The molecule has 5 heteroatoms. The van der Waals surface area contributed by atoms with Gasteiger partial charge in [0, 0.05) is 11.8 Å². The highest BCUT2D eigenvalue weighted by Gasteiger charge is 2.39. The highest BCUT2D eigenvalue weighted by atomic mass is 16.7. The monoisotopic (exact) mass is 302 g/mol. The van der Waals surface area contributed by atoms with Gasteiger partial charge in [0.15, 0.2) is 6.29 Å². The summed E-state index contributed by atoms with van der Waals surface area (Å²) in [6, 6.07) is 7.72. The summed E-state index contributed by atoms with van der Waals surface area (Å²) in [6.45, 7) is 3.41. The predicted molar refractivity (Wildman–Crippen MR) is 83.8 cm³/mol. The smallest absolute Gasteiger partial charge is 0.271 e. The molecule has 3 rings (SSSR count). The Kier molecular flexibility index (Phi) is 4.55. The van der Waals surface area contributed by atoms with Crippen molar-refractivity contribution in [2.45, 2.75) is 44.9 Å². The van der Waals surface area contributed by atoms with Crippen molar-refractivity contribution in [2.75, 3.05) is 13.2 Å². The summed E-state index contributed by atoms with van der Waals surface area (Å²) in [5, 5.41) is 5.32. The van der Waals surface area contributed by atoms with E-state index in [0.29, 0.717) is 18.9 Å². The molecule has 0 bridgehead atoms. The van der Waals surface area contributed by atoms with Gasteiger partial charge < -0.3 is 9.47 Å². The fraction of sp³-hybridized carbons (Fsp3) is 0.529. The number of aldehydes is 1. The minimum atomic E-state index is -0.881. The summed E-state index contributed by atoms with van der Waals surface area (Å²) in [4.78, 5) is 11.3. The van der Waals surface area contributed by atoms with Crippen molar-refractivity contribution >= 4 is 17.2 Å². The highest BCUT2D eigenvalue weighted by molar-refractivity contribution is 5.95. The normalized spacial score (nSPS) is 22.0. The number of hydrogen-bond acceptors (Lipinski definition) is 4. The lowest BCUT2D eigenvalue weighted by molar-refractivity contribution is -0.315. The first-order chi connectivity index (χ1) is 10.8. The van der Waals surface area contributed by atoms with E-state index in [1.165, 1.54) is 0 Å². The van der Waals surface area contributed by atoms with E-state index in [0.717, 1.165) is 49.3 Å². The number of para-hydroxylation sites is 1. The first-order valence-electron chi connectivity index (χ1n) is 8.02. The molecule has 22 heavy (non-hydrogen) atoms. The van der Waals surface area contributed by atoms with Crippen molar-refractivity contribution in [1.82, 2.24) is 9.78 Å². The first-order valence-corrected chi connectivity index (χ1v) is 8.02. The lowest BCUT2D eigenvalue weighted by Crippen LogP contribution is -2.43. The van der Waals surface area contributed by atoms with Crippen molar-refractivity contribution in [1.29, 1.82) is 0 Å². The molecule has 1 unspecified atom stereocenters. The van der Waals surface area contributed by atoms with Crippen LogP contribution in [0.2, 0.25) is 0 Å². The number of ether oxygens (including phenoxy) is 2. The molecule has 0 spiro atoms. The molecule has 5 nitrogen and oxygen atoms in total. The summed E-state index contributed by atoms with van der Waals surface area (Å²) < 4.78 is 13.9. The minimum Gasteiger partial charge on any atom is -0.331 e. The largest absolute Gasteiger partial charge is 0.331 e. The third-order valence-corrected chi connectivity index (χ3v) is 4.09. The Labute approximate surface area is 130 Å². The van der Waals surface area contributed by atoms with Crippen molar-refractivity contribution in [3.05, 3.63) is 30.0 Å². The number of fused-ring (bicyclic) bond motifs is 1. The summed E-state index contributed by atoms with van der Waals surface area (Å²) in [5.74, 6) is -0.881. The second-order valence-corrected chi connectivity index (χ2v) is 5.65. The lowest BCUT2D eigenvalue weighted by atomic mass is 10.1. The Hall–Kier alpha value is -1.72. The van der Waals surface area contributed by atoms with Gasteiger partial charge in [-0.25, -0.2) is 4.68 Å². The van der Waals surface area contributed by atoms with Gasteiger partial charge in [0.05, 0.1) is 18.7 Å². The molecule has 1 aliphatic rings. The summed E-state index contributed by atoms with van der Waals surface area (Å²) in [7, 11) is 0. The summed E-state index contributed by atoms with van der Waals surface area (Å²) >= 11 is 0. The van der Waals surface area contributed by atoms with Crippen molar-refractivity contribution in [2.24, 2.45) is 0 Å². The van der Waals surface area contributed by atoms with E-state index in [4.69, 9.17) is 9.47 Å². The summed E-state index contributed by atoms with van der Waals surface area (Å²) in [6.07, 6.45) is 5.64. The van der Waals surface area contributed by atoms with Crippen LogP contribution in [-0.2, 0) is 15.4 Å². The van der Waals surface area contributed by atoms with Gasteiger partial charge >= 0.3 is 0 Å². The van der Waals surface area contributed by atoms with Crippen LogP contribution in [0.15, 0.2) is 24.3 Å². The number of carbonyl (C=O) groups is 1. The molecular formula is C17H22N2O3. The molecule has 1 atom stereocenters. The average molecular weight is 302 g/mol. The van der Waals surface area contributed by atoms with Gasteiger partial charge in [-0.1, -0.05) is 31.5 Å². The maximum absolute atomic E-state index is 11.3. The molecule has 2 heterocycles. The van der Waals surface area contributed by atoms with Crippen LogP contribution in [0, 0.1) is 0 Å². The zero-order chi connectivity index (χ0) is 15.4. The van der Waals surface area contributed by atoms with E-state index < -0.39 is 5.91 Å². The Bertz CT molecular complexity index is 644. The molecule has 1 fully saturated rings. The second kappa shape index (κ2) is 6.58. The molecule has 0 N–H and O–H groups in total. The van der Waals surface area contributed by atoms with E-state index in [2.05, 4.69) is 12.0 Å². The standard InChI is InChI=1S/C17H22N2O3/c1-2-3-11-21-17(10-6-7-12-22-17)19-16-9-5-4-8-14(16)15(13-20)18-19/h4-5,8-9,13H,2-3,6-7,10-12H2,1H3. The Morgan fingerprint density at radius 3 is 3.00 bits per heavy atom. The zero-order valence-electron chi connectivity index (χ0n) is 13.0. The fourth-order valence-electron chi connectivity index (χ4n) is 2.91. The molecule has 118 valence electrons. The second-order valence-electron chi connectivity index (χ2n) is 5.65. The molecule has 2 aromatic rings. The fourth-order valence-corrected chi connectivity index (χ4v) is 2.91. The van der Waals surface area contributed by atoms with Crippen molar-refractivity contribution in [3.8, 4) is 0 Å². The number of rotatable bonds is 6. The van der Waals surface area contributed by atoms with Crippen LogP contribution in [0.3, 0.4) is 0 Å². The molecule has 0 radical (unpaired) electrons. The van der Waals surface area contributed by atoms with E-state index in [1.807, 2.05) is 24.3 Å². The number of unbranched alkanes of at least 4 members (excludes halogenated alkanes) is 1. The van der Waals surface area contributed by atoms with Gasteiger partial charge in [-0.05, 0) is 25.3 Å². The van der Waals surface area contributed by atoms with Gasteiger partial charge in [-0.15, -0.1) is 0 Å². The van der Waals surface area contributed by atoms with Crippen LogP contribution in [0.1, 0.15) is 49.5 Å². The van der Waals surface area contributed by atoms with Gasteiger partial charge in [0.25, 0.3) is 5.91 Å². The Morgan fingerprint density at radius 2 is 2.27 bits per heavy atom. The summed E-state index contributed by atoms with van der Waals surface area (Å²) in [5.41, 5.74) is 1.31. The van der Waals surface area contributed by atoms with Crippen LogP contribution in [0.5, 0.6) is 0 Å². The molecule has 1 aliphatic heterocycles. The van der Waals surface area contributed by atoms with E-state index in [-0.39, 0.29) is 0 Å². The SMILES string of the molecule is CCCCOC1(n2nc(C=O)c3ccccc32)CCCCO1. The van der Waals surface area contributed by atoms with Crippen molar-refractivity contribution < 1.29 is 14.3 Å². The van der Waals surface area contributed by atoms with Crippen LogP contribution in [0.25, 0.3) is 10.9 Å². The van der Waals surface area contributed by atoms with Crippen LogP contribution in [-0.4, -0.2) is 29.3 Å². The van der Waals surface area contributed by atoms with E-state index >= 15 is 0 Å². The molecular weight excluding hydrogens is 280 g/mol. The maximum atomic E-state index is 11.3. The minimum absolute atomic E-state index is 0.434. The molecule has 0 amide bonds. The van der Waals surface area contributed by atoms with Gasteiger partial charge in [-0.2, -0.15) is 5.10 Å². The van der Waals surface area contributed by atoms with Gasteiger partial charge in [-0.3, -0.25) is 4.79 Å². The van der Waals surface area contributed by atoms with E-state index in [9.17, 15) is 4.79 Å². The molecule has 1 saturated heterocycles. The predicted octanol–water partition coefficient (Wildman–Crippen LogP) is 3.48. The number of benzene rings is 1. The van der Waals surface area contributed by atoms with Crippen LogP contribution in [0.4, 0.5) is 0 Å². The number of carbonyl (C=O) groups excluding carboxylic acids is 1. The van der Waals surface area contributed by atoms with Gasteiger partial charge in [0.2, 0.25) is 0 Å². The van der Waals surface area contributed by atoms with Crippen LogP contribution >= 0.6 is 0 Å². The molecule has 1 aromatic heterocycles. The van der Waals surface area contributed by atoms with E-state index in [1.54, 1.807) is 4.68 Å². The number of hydrogen-bond donors (Lipinski definition) is 0. The Morgan fingerprint density at radius 1 is 1.41 bits per heavy atom. The molecule has 0 saturated carbocycles. The zero-order valence-corrected chi connectivity index (χ0v) is 13.0. The number of nitrogens with zero attached hydrogens (tertiary/aromatic N) is 2. The molecule has 1 aromatic carbocycles. The third kappa shape index (κ3) is 2.66. The Balaban J connectivity index is 2.05. The highest BCUT2D eigenvalue weighted by Crippen LogP contribution is 2.34.